The molecule has 1 atom stereocenters. The van der Waals surface area contributed by atoms with Crippen molar-refractivity contribution < 1.29 is 18.3 Å². The molecule has 2 rings (SSSR count). The highest BCUT2D eigenvalue weighted by Gasteiger charge is 2.33. The summed E-state index contributed by atoms with van der Waals surface area (Å²) in [6.45, 7) is 0.235. The summed E-state index contributed by atoms with van der Waals surface area (Å²) in [5.41, 5.74) is -0.0577. The molecule has 0 spiro atoms. The van der Waals surface area contributed by atoms with Crippen LogP contribution in [0.3, 0.4) is 0 Å². The molecule has 0 aliphatic carbocycles. The van der Waals surface area contributed by atoms with Crippen LogP contribution in [0.25, 0.3) is 5.69 Å². The van der Waals surface area contributed by atoms with Crippen molar-refractivity contribution in [1.82, 2.24) is 9.78 Å². The van der Waals surface area contributed by atoms with Gasteiger partial charge in [-0.3, -0.25) is 0 Å². The summed E-state index contributed by atoms with van der Waals surface area (Å²) in [5.74, 6) is 0.0896. The van der Waals surface area contributed by atoms with Crippen LogP contribution >= 0.6 is 23.2 Å². The normalized spacial score (nSPS) is 13.2. The molecule has 1 aromatic carbocycles. The topological polar surface area (TPSA) is 50.1 Å². The van der Waals surface area contributed by atoms with E-state index in [1.165, 1.54) is 18.3 Å². The molecule has 0 saturated heterocycles. The lowest BCUT2D eigenvalue weighted by atomic mass is 10.2. The van der Waals surface area contributed by atoms with Crippen LogP contribution in [0.4, 0.5) is 18.9 Å². The molecule has 120 valence electrons. The number of aromatic nitrogens is 2. The quantitative estimate of drug-likeness (QED) is 0.808. The number of alkyl halides is 4. The number of aliphatic hydroxyl groups is 1. The van der Waals surface area contributed by atoms with Crippen LogP contribution in [-0.4, -0.2) is 33.4 Å². The Kier molecular flexibility index (Phi) is 5.20. The highest BCUT2D eigenvalue weighted by Crippen LogP contribution is 2.29. The first-order chi connectivity index (χ1) is 10.3. The Bertz CT molecular complexity index is 646. The van der Waals surface area contributed by atoms with Gasteiger partial charge in [0.25, 0.3) is 0 Å². The molecule has 2 N–H and O–H groups in total. The molecule has 1 unspecified atom stereocenters. The lowest BCUT2D eigenvalue weighted by Crippen LogP contribution is -2.20. The molecule has 9 heteroatoms. The smallest absolute Gasteiger partial charge is 0.390 e. The maximum Gasteiger partial charge on any atom is 0.435 e. The van der Waals surface area contributed by atoms with Gasteiger partial charge in [0.1, 0.15) is 0 Å². The molecule has 0 saturated carbocycles. The molecule has 0 amide bonds. The Morgan fingerprint density at radius 1 is 1.32 bits per heavy atom. The number of halogens is 5. The fourth-order valence-corrected chi connectivity index (χ4v) is 2.08. The first kappa shape index (κ1) is 16.9. The van der Waals surface area contributed by atoms with Gasteiger partial charge in [0.2, 0.25) is 0 Å². The zero-order valence-electron chi connectivity index (χ0n) is 11.1. The lowest BCUT2D eigenvalue weighted by Gasteiger charge is -2.12. The third-order valence-corrected chi connectivity index (χ3v) is 3.45. The number of nitrogens with zero attached hydrogens (tertiary/aromatic N) is 2. The Morgan fingerprint density at radius 2 is 2.05 bits per heavy atom. The number of aliphatic hydroxyl groups excluding tert-OH is 1. The molecule has 0 bridgehead atoms. The maximum atomic E-state index is 12.5. The van der Waals surface area contributed by atoms with Gasteiger partial charge in [-0.05, 0) is 24.3 Å². The monoisotopic (exact) mass is 353 g/mol. The average Bonchev–Trinajstić information content (AvgIpc) is 2.94. The van der Waals surface area contributed by atoms with Crippen molar-refractivity contribution in [1.29, 1.82) is 0 Å². The summed E-state index contributed by atoms with van der Waals surface area (Å²) >= 11 is 11.5. The number of hydrogen-bond acceptors (Lipinski definition) is 3. The second kappa shape index (κ2) is 6.76. The molecule has 1 heterocycles. The van der Waals surface area contributed by atoms with Gasteiger partial charge in [0.05, 0.1) is 22.7 Å². The van der Waals surface area contributed by atoms with E-state index in [1.807, 2.05) is 0 Å². The van der Waals surface area contributed by atoms with Crippen LogP contribution in [0.5, 0.6) is 0 Å². The third kappa shape index (κ3) is 4.06. The van der Waals surface area contributed by atoms with Crippen molar-refractivity contribution in [2.75, 3.05) is 17.7 Å². The van der Waals surface area contributed by atoms with E-state index in [0.717, 1.165) is 10.7 Å². The average molecular weight is 354 g/mol. The molecule has 0 aliphatic rings. The number of rotatable bonds is 5. The van der Waals surface area contributed by atoms with Crippen molar-refractivity contribution in [3.05, 3.63) is 41.2 Å². The first-order valence-corrected chi connectivity index (χ1v) is 7.13. The van der Waals surface area contributed by atoms with Crippen LogP contribution in [0, 0.1) is 0 Å². The van der Waals surface area contributed by atoms with Crippen LogP contribution < -0.4 is 5.32 Å². The largest absolute Gasteiger partial charge is 0.435 e. The van der Waals surface area contributed by atoms with Crippen molar-refractivity contribution in [3.63, 3.8) is 0 Å². The SMILES string of the molecule is OC(CCl)CNc1ccc(-n2ccc(C(F)(F)F)n2)c(Cl)c1. The van der Waals surface area contributed by atoms with Gasteiger partial charge in [-0.25, -0.2) is 4.68 Å². The fourth-order valence-electron chi connectivity index (χ4n) is 1.70. The predicted molar refractivity (Wildman–Crippen MR) is 78.8 cm³/mol. The number of hydrogen-bond donors (Lipinski definition) is 2. The highest BCUT2D eigenvalue weighted by atomic mass is 35.5. The van der Waals surface area contributed by atoms with E-state index in [-0.39, 0.29) is 17.4 Å². The highest BCUT2D eigenvalue weighted by molar-refractivity contribution is 6.32. The summed E-state index contributed by atoms with van der Waals surface area (Å²) in [6, 6.07) is 5.56. The summed E-state index contributed by atoms with van der Waals surface area (Å²) in [5, 5.41) is 16.0. The van der Waals surface area contributed by atoms with Crippen molar-refractivity contribution in [2.45, 2.75) is 12.3 Å². The van der Waals surface area contributed by atoms with E-state index in [2.05, 4.69) is 10.4 Å². The Hall–Kier alpha value is -1.44. The van der Waals surface area contributed by atoms with Gasteiger partial charge < -0.3 is 10.4 Å². The molecule has 22 heavy (non-hydrogen) atoms. The van der Waals surface area contributed by atoms with Gasteiger partial charge in [-0.2, -0.15) is 18.3 Å². The van der Waals surface area contributed by atoms with Gasteiger partial charge in [0, 0.05) is 18.4 Å². The maximum absolute atomic E-state index is 12.5. The standard InChI is InChI=1S/C13H12Cl2F3N3O/c14-6-9(22)7-19-8-1-2-11(10(15)5-8)21-4-3-12(20-21)13(16,17)18/h1-5,9,19,22H,6-7H2. The first-order valence-electron chi connectivity index (χ1n) is 6.22. The molecule has 0 fully saturated rings. The number of benzene rings is 1. The lowest BCUT2D eigenvalue weighted by molar-refractivity contribution is -0.141. The molecule has 4 nitrogen and oxygen atoms in total. The molecule has 1 aromatic heterocycles. The van der Waals surface area contributed by atoms with E-state index in [0.29, 0.717) is 11.4 Å². The van der Waals surface area contributed by atoms with Crippen molar-refractivity contribution in [3.8, 4) is 5.69 Å². The molecular weight excluding hydrogens is 342 g/mol. The van der Waals surface area contributed by atoms with Crippen LogP contribution in [0.1, 0.15) is 5.69 Å². The zero-order chi connectivity index (χ0) is 16.3. The second-order valence-corrected chi connectivity index (χ2v) is 5.21. The van der Waals surface area contributed by atoms with Gasteiger partial charge in [-0.15, -0.1) is 11.6 Å². The number of nitrogens with one attached hydrogen (secondary N) is 1. The Balaban J connectivity index is 2.17. The Labute approximate surface area is 134 Å². The van der Waals surface area contributed by atoms with Crippen molar-refractivity contribution in [2.24, 2.45) is 0 Å². The number of anilines is 1. The fraction of sp³-hybridized carbons (Fsp3) is 0.308. The summed E-state index contributed by atoms with van der Waals surface area (Å²) in [4.78, 5) is 0. The molecule has 2 aromatic rings. The predicted octanol–water partition coefficient (Wildman–Crippen LogP) is 3.56. The van der Waals surface area contributed by atoms with E-state index < -0.39 is 18.0 Å². The molecular formula is C13H12Cl2F3N3O. The van der Waals surface area contributed by atoms with Gasteiger partial charge in [0.15, 0.2) is 5.69 Å². The second-order valence-electron chi connectivity index (χ2n) is 4.50. The van der Waals surface area contributed by atoms with Gasteiger partial charge in [-0.1, -0.05) is 11.6 Å². The van der Waals surface area contributed by atoms with Gasteiger partial charge >= 0.3 is 6.18 Å². The van der Waals surface area contributed by atoms with E-state index >= 15 is 0 Å². The minimum Gasteiger partial charge on any atom is -0.390 e. The summed E-state index contributed by atoms with van der Waals surface area (Å²) in [6.07, 6.45) is -4.02. The minimum atomic E-state index is -4.50. The van der Waals surface area contributed by atoms with Crippen LogP contribution in [0.2, 0.25) is 5.02 Å². The molecule has 0 aliphatic heterocycles. The van der Waals surface area contributed by atoms with E-state index in [1.54, 1.807) is 6.07 Å². The molecule has 0 radical (unpaired) electrons. The van der Waals surface area contributed by atoms with Crippen molar-refractivity contribution >= 4 is 28.9 Å². The zero-order valence-corrected chi connectivity index (χ0v) is 12.6. The Morgan fingerprint density at radius 3 is 2.59 bits per heavy atom. The third-order valence-electron chi connectivity index (χ3n) is 2.79. The van der Waals surface area contributed by atoms with Crippen LogP contribution in [-0.2, 0) is 6.18 Å². The van der Waals surface area contributed by atoms with E-state index in [4.69, 9.17) is 23.2 Å². The van der Waals surface area contributed by atoms with E-state index in [9.17, 15) is 18.3 Å². The summed E-state index contributed by atoms with van der Waals surface area (Å²) < 4.78 is 38.7. The van der Waals surface area contributed by atoms with Crippen LogP contribution in [0.15, 0.2) is 30.5 Å². The minimum absolute atomic E-state index is 0.0896. The summed E-state index contributed by atoms with van der Waals surface area (Å²) in [7, 11) is 0.